The maximum absolute atomic E-state index is 13.1. The van der Waals surface area contributed by atoms with Gasteiger partial charge in [0.25, 0.3) is 5.91 Å². The Morgan fingerprint density at radius 2 is 1.81 bits per heavy atom. The fourth-order valence-corrected chi connectivity index (χ4v) is 6.57. The summed E-state index contributed by atoms with van der Waals surface area (Å²) in [7, 11) is 0. The first-order chi connectivity index (χ1) is 20.5. The zero-order chi connectivity index (χ0) is 29.1. The van der Waals surface area contributed by atoms with Crippen molar-refractivity contribution in [3.05, 3.63) is 75.7 Å². The summed E-state index contributed by atoms with van der Waals surface area (Å²) in [5.74, 6) is 2.26. The molecule has 2 aromatic carbocycles. The molecule has 2 aliphatic rings. The van der Waals surface area contributed by atoms with Gasteiger partial charge in [-0.3, -0.25) is 14.5 Å². The molecule has 4 aromatic rings. The van der Waals surface area contributed by atoms with Crippen molar-refractivity contribution in [3.8, 4) is 11.5 Å². The van der Waals surface area contributed by atoms with E-state index in [1.165, 1.54) is 4.88 Å². The average Bonchev–Trinajstić information content (AvgIpc) is 3.77. The Morgan fingerprint density at radius 3 is 2.57 bits per heavy atom. The van der Waals surface area contributed by atoms with Crippen molar-refractivity contribution in [2.24, 2.45) is 0 Å². The number of ether oxygens (including phenoxy) is 2. The SMILES string of the molecule is CCC(CC)n1c(Cc2cccs2)nc2cc(C(=O)NCC(=O)N3CCN(Cc4ccc5c(c4)OCO5)CC3)ccc21. The average molecular weight is 588 g/mol. The van der Waals surface area contributed by atoms with Crippen molar-refractivity contribution < 1.29 is 19.1 Å². The molecule has 10 heteroatoms. The molecule has 42 heavy (non-hydrogen) atoms. The molecule has 0 unspecified atom stereocenters. The van der Waals surface area contributed by atoms with Gasteiger partial charge in [-0.05, 0) is 60.2 Å². The highest BCUT2D eigenvalue weighted by molar-refractivity contribution is 7.09. The van der Waals surface area contributed by atoms with Crippen molar-refractivity contribution >= 4 is 34.2 Å². The summed E-state index contributed by atoms with van der Waals surface area (Å²) in [5.41, 5.74) is 3.53. The molecule has 2 aliphatic heterocycles. The van der Waals surface area contributed by atoms with Crippen LogP contribution >= 0.6 is 11.3 Å². The van der Waals surface area contributed by atoms with Crippen molar-refractivity contribution in [1.82, 2.24) is 24.7 Å². The third kappa shape index (κ3) is 6.00. The molecule has 2 amide bonds. The largest absolute Gasteiger partial charge is 0.454 e. The lowest BCUT2D eigenvalue weighted by Crippen LogP contribution is -2.50. The van der Waals surface area contributed by atoms with Crippen LogP contribution in [0.3, 0.4) is 0 Å². The molecular weight excluding hydrogens is 550 g/mol. The lowest BCUT2D eigenvalue weighted by atomic mass is 10.1. The fourth-order valence-electron chi connectivity index (χ4n) is 5.87. The molecule has 0 bridgehead atoms. The minimum atomic E-state index is -0.261. The van der Waals surface area contributed by atoms with Crippen LogP contribution in [0, 0.1) is 0 Å². The van der Waals surface area contributed by atoms with Crippen LogP contribution < -0.4 is 14.8 Å². The number of benzene rings is 2. The van der Waals surface area contributed by atoms with E-state index in [0.717, 1.165) is 72.8 Å². The number of amides is 2. The third-order valence-corrected chi connectivity index (χ3v) is 9.09. The second-order valence-corrected chi connectivity index (χ2v) is 11.9. The first-order valence-corrected chi connectivity index (χ1v) is 15.6. The minimum absolute atomic E-state index is 0.0230. The Hall–Kier alpha value is -3.89. The molecule has 1 saturated heterocycles. The molecule has 0 radical (unpaired) electrons. The van der Waals surface area contributed by atoms with E-state index < -0.39 is 0 Å². The van der Waals surface area contributed by atoms with E-state index in [9.17, 15) is 9.59 Å². The van der Waals surface area contributed by atoms with Crippen molar-refractivity contribution in [3.63, 3.8) is 0 Å². The Kier molecular flexibility index (Phi) is 8.43. The molecular formula is C32H37N5O4S. The molecule has 0 saturated carbocycles. The Bertz CT molecular complexity index is 1550. The number of nitrogens with one attached hydrogen (secondary N) is 1. The molecule has 2 aromatic heterocycles. The molecule has 0 atom stereocenters. The quantitative estimate of drug-likeness (QED) is 0.285. The summed E-state index contributed by atoms with van der Waals surface area (Å²) in [4.78, 5) is 36.4. The third-order valence-electron chi connectivity index (χ3n) is 8.21. The summed E-state index contributed by atoms with van der Waals surface area (Å²) in [5, 5.41) is 4.92. The van der Waals surface area contributed by atoms with E-state index in [4.69, 9.17) is 14.5 Å². The van der Waals surface area contributed by atoms with Crippen LogP contribution in [0.2, 0.25) is 0 Å². The number of fused-ring (bicyclic) bond motifs is 2. The van der Waals surface area contributed by atoms with Gasteiger partial charge in [0.05, 0.1) is 17.6 Å². The molecule has 9 nitrogen and oxygen atoms in total. The molecule has 0 spiro atoms. The van der Waals surface area contributed by atoms with Gasteiger partial charge >= 0.3 is 0 Å². The van der Waals surface area contributed by atoms with Gasteiger partial charge in [-0.2, -0.15) is 0 Å². The van der Waals surface area contributed by atoms with E-state index >= 15 is 0 Å². The highest BCUT2D eigenvalue weighted by atomic mass is 32.1. The second-order valence-electron chi connectivity index (χ2n) is 10.9. The number of nitrogens with zero attached hydrogens (tertiary/aromatic N) is 4. The van der Waals surface area contributed by atoms with Crippen LogP contribution in [0.25, 0.3) is 11.0 Å². The van der Waals surface area contributed by atoms with Crippen LogP contribution in [0.5, 0.6) is 11.5 Å². The molecule has 220 valence electrons. The van der Waals surface area contributed by atoms with Gasteiger partial charge in [0, 0.05) is 55.6 Å². The standard InChI is InChI=1S/C32H37N5O4S/c1-3-24(4-2)37-27-9-8-23(17-26(27)34-30(37)18-25-6-5-15-42-25)32(39)33-19-31(38)36-13-11-35(12-14-36)20-22-7-10-28-29(16-22)41-21-40-28/h5-10,15-17,24H,3-4,11-14,18-21H2,1-2H3,(H,33,39). The van der Waals surface area contributed by atoms with Crippen molar-refractivity contribution in [2.45, 2.75) is 45.7 Å². The van der Waals surface area contributed by atoms with Crippen LogP contribution in [0.1, 0.15) is 59.4 Å². The Morgan fingerprint density at radius 1 is 1.00 bits per heavy atom. The second kappa shape index (κ2) is 12.5. The number of carbonyl (C=O) groups excluding carboxylic acids is 2. The van der Waals surface area contributed by atoms with Crippen LogP contribution in [-0.2, 0) is 17.8 Å². The Balaban J connectivity index is 1.05. The fraction of sp³-hybridized carbons (Fsp3) is 0.406. The number of imidazole rings is 1. The molecule has 0 aliphatic carbocycles. The van der Waals surface area contributed by atoms with E-state index in [1.807, 2.05) is 35.2 Å². The maximum Gasteiger partial charge on any atom is 0.251 e. The highest BCUT2D eigenvalue weighted by Gasteiger charge is 2.23. The summed E-state index contributed by atoms with van der Waals surface area (Å²) in [6.07, 6.45) is 2.79. The minimum Gasteiger partial charge on any atom is -0.454 e. The molecule has 1 N–H and O–H groups in total. The van der Waals surface area contributed by atoms with Gasteiger partial charge in [-0.1, -0.05) is 26.0 Å². The number of thiophene rings is 1. The topological polar surface area (TPSA) is 88.9 Å². The zero-order valence-corrected chi connectivity index (χ0v) is 25.0. The number of hydrogen-bond donors (Lipinski definition) is 1. The van der Waals surface area contributed by atoms with Crippen molar-refractivity contribution in [1.29, 1.82) is 0 Å². The number of piperazine rings is 1. The predicted molar refractivity (Wildman–Crippen MR) is 163 cm³/mol. The summed E-state index contributed by atoms with van der Waals surface area (Å²) >= 11 is 1.73. The number of carbonyl (C=O) groups is 2. The van der Waals surface area contributed by atoms with Gasteiger partial charge in [-0.25, -0.2) is 4.98 Å². The summed E-state index contributed by atoms with van der Waals surface area (Å²) in [6, 6.07) is 16.3. The molecule has 1 fully saturated rings. The van der Waals surface area contributed by atoms with Crippen molar-refractivity contribution in [2.75, 3.05) is 39.5 Å². The normalized spacial score (nSPS) is 15.1. The smallest absolute Gasteiger partial charge is 0.251 e. The monoisotopic (exact) mass is 587 g/mol. The maximum atomic E-state index is 13.1. The van der Waals surface area contributed by atoms with E-state index in [1.54, 1.807) is 11.3 Å². The number of rotatable bonds is 10. The summed E-state index contributed by atoms with van der Waals surface area (Å²) < 4.78 is 13.2. The number of hydrogen-bond acceptors (Lipinski definition) is 7. The first-order valence-electron chi connectivity index (χ1n) is 14.7. The van der Waals surface area contributed by atoms with Crippen LogP contribution in [0.4, 0.5) is 0 Å². The van der Waals surface area contributed by atoms with Gasteiger partial charge in [0.2, 0.25) is 12.7 Å². The first kappa shape index (κ1) is 28.2. The lowest BCUT2D eigenvalue weighted by Gasteiger charge is -2.34. The van der Waals surface area contributed by atoms with E-state index in [0.29, 0.717) is 24.7 Å². The van der Waals surface area contributed by atoms with Gasteiger partial charge in [0.15, 0.2) is 11.5 Å². The Labute approximate surface area is 250 Å². The lowest BCUT2D eigenvalue weighted by molar-refractivity contribution is -0.131. The van der Waals surface area contributed by atoms with E-state index in [2.05, 4.69) is 52.2 Å². The van der Waals surface area contributed by atoms with Gasteiger partial charge < -0.3 is 24.3 Å². The van der Waals surface area contributed by atoms with Crippen LogP contribution in [-0.4, -0.2) is 70.7 Å². The van der Waals surface area contributed by atoms with E-state index in [-0.39, 0.29) is 25.2 Å². The molecule has 4 heterocycles. The zero-order valence-electron chi connectivity index (χ0n) is 24.2. The molecule has 6 rings (SSSR count). The predicted octanol–water partition coefficient (Wildman–Crippen LogP) is 4.85. The highest BCUT2D eigenvalue weighted by Crippen LogP contribution is 2.33. The van der Waals surface area contributed by atoms with Gasteiger partial charge in [-0.15, -0.1) is 11.3 Å². The number of aromatic nitrogens is 2. The van der Waals surface area contributed by atoms with Crippen LogP contribution in [0.15, 0.2) is 53.9 Å². The van der Waals surface area contributed by atoms with Gasteiger partial charge in [0.1, 0.15) is 5.82 Å². The summed E-state index contributed by atoms with van der Waals surface area (Å²) in [6.45, 7) is 8.25.